The first-order valence-electron chi connectivity index (χ1n) is 7.01. The lowest BCUT2D eigenvalue weighted by Gasteiger charge is -2.08. The standard InChI is InChI=1S/C18H18BrClO/c19-12-3-4-13-21-18-9-2-1-7-16(18)11-10-15-6-5-8-17(20)14-15/h1-2,5-11,14H,3-4,12-13H2/b11-10+. The summed E-state index contributed by atoms with van der Waals surface area (Å²) in [5.41, 5.74) is 2.16. The second-order valence-electron chi connectivity index (χ2n) is 4.67. The van der Waals surface area contributed by atoms with Gasteiger partial charge < -0.3 is 4.74 Å². The summed E-state index contributed by atoms with van der Waals surface area (Å²) in [5, 5.41) is 1.77. The van der Waals surface area contributed by atoms with Crippen LogP contribution in [0, 0.1) is 0 Å². The van der Waals surface area contributed by atoms with E-state index in [0.29, 0.717) is 0 Å². The van der Waals surface area contributed by atoms with Crippen molar-refractivity contribution in [1.82, 2.24) is 0 Å². The molecule has 2 rings (SSSR count). The predicted octanol–water partition coefficient (Wildman–Crippen LogP) is 6.06. The minimum Gasteiger partial charge on any atom is -0.493 e. The Hall–Kier alpha value is -1.25. The molecule has 0 N–H and O–H groups in total. The van der Waals surface area contributed by atoms with Crippen LogP contribution < -0.4 is 4.74 Å². The summed E-state index contributed by atoms with van der Waals surface area (Å²) in [6.07, 6.45) is 6.29. The predicted molar refractivity (Wildman–Crippen MR) is 95.3 cm³/mol. The second kappa shape index (κ2) is 8.91. The molecule has 0 atom stereocenters. The summed E-state index contributed by atoms with van der Waals surface area (Å²) < 4.78 is 5.85. The molecular formula is C18H18BrClO. The van der Waals surface area contributed by atoms with Gasteiger partial charge in [0.1, 0.15) is 5.75 Å². The molecule has 0 aromatic heterocycles. The van der Waals surface area contributed by atoms with Crippen LogP contribution in [0.3, 0.4) is 0 Å². The minimum atomic E-state index is 0.744. The van der Waals surface area contributed by atoms with Crippen LogP contribution in [0.15, 0.2) is 48.5 Å². The van der Waals surface area contributed by atoms with Crippen molar-refractivity contribution in [3.63, 3.8) is 0 Å². The second-order valence-corrected chi connectivity index (χ2v) is 5.90. The number of unbranched alkanes of at least 4 members (excludes halogenated alkanes) is 1. The molecule has 0 bridgehead atoms. The number of hydrogen-bond donors (Lipinski definition) is 0. The van der Waals surface area contributed by atoms with E-state index in [1.54, 1.807) is 0 Å². The number of ether oxygens (including phenoxy) is 1. The van der Waals surface area contributed by atoms with Gasteiger partial charge in [-0.3, -0.25) is 0 Å². The van der Waals surface area contributed by atoms with Crippen LogP contribution in [0.4, 0.5) is 0 Å². The van der Waals surface area contributed by atoms with Crippen LogP contribution in [0.2, 0.25) is 5.02 Å². The third-order valence-electron chi connectivity index (χ3n) is 3.01. The third kappa shape index (κ3) is 5.56. The summed E-state index contributed by atoms with van der Waals surface area (Å²) in [5.74, 6) is 0.922. The molecule has 0 saturated carbocycles. The molecule has 0 fully saturated rings. The Kier molecular flexibility index (Phi) is 6.84. The monoisotopic (exact) mass is 364 g/mol. The Morgan fingerprint density at radius 3 is 2.67 bits per heavy atom. The number of halogens is 2. The molecule has 3 heteroatoms. The highest BCUT2D eigenvalue weighted by Gasteiger charge is 1.99. The lowest BCUT2D eigenvalue weighted by molar-refractivity contribution is 0.309. The van der Waals surface area contributed by atoms with E-state index in [4.69, 9.17) is 16.3 Å². The van der Waals surface area contributed by atoms with Gasteiger partial charge in [0, 0.05) is 15.9 Å². The Morgan fingerprint density at radius 2 is 1.86 bits per heavy atom. The van der Waals surface area contributed by atoms with E-state index in [-0.39, 0.29) is 0 Å². The fourth-order valence-corrected chi connectivity index (χ4v) is 2.52. The molecule has 0 unspecified atom stereocenters. The van der Waals surface area contributed by atoms with E-state index >= 15 is 0 Å². The highest BCUT2D eigenvalue weighted by Crippen LogP contribution is 2.21. The van der Waals surface area contributed by atoms with Crippen LogP contribution in [-0.4, -0.2) is 11.9 Å². The quantitative estimate of drug-likeness (QED) is 0.329. The number of rotatable bonds is 7. The molecule has 0 radical (unpaired) electrons. The zero-order valence-corrected chi connectivity index (χ0v) is 14.1. The van der Waals surface area contributed by atoms with Gasteiger partial charge in [-0.05, 0) is 36.6 Å². The molecule has 2 aromatic carbocycles. The van der Waals surface area contributed by atoms with Gasteiger partial charge in [-0.1, -0.05) is 70.0 Å². The molecule has 2 aromatic rings. The van der Waals surface area contributed by atoms with Crippen molar-refractivity contribution in [3.05, 3.63) is 64.7 Å². The van der Waals surface area contributed by atoms with Crippen molar-refractivity contribution in [1.29, 1.82) is 0 Å². The summed E-state index contributed by atoms with van der Waals surface area (Å²) in [7, 11) is 0. The van der Waals surface area contributed by atoms with Crippen molar-refractivity contribution in [2.45, 2.75) is 12.8 Å². The highest BCUT2D eigenvalue weighted by atomic mass is 79.9. The Bertz CT molecular complexity index is 595. The average Bonchev–Trinajstić information content (AvgIpc) is 2.50. The first kappa shape index (κ1) is 16.1. The zero-order chi connectivity index (χ0) is 14.9. The van der Waals surface area contributed by atoms with Crippen LogP contribution in [0.5, 0.6) is 5.75 Å². The van der Waals surface area contributed by atoms with Crippen molar-refractivity contribution in [2.24, 2.45) is 0 Å². The molecule has 0 aliphatic carbocycles. The summed E-state index contributed by atoms with van der Waals surface area (Å²) in [4.78, 5) is 0. The van der Waals surface area contributed by atoms with Crippen LogP contribution in [0.25, 0.3) is 12.2 Å². The van der Waals surface area contributed by atoms with Crippen molar-refractivity contribution >= 4 is 39.7 Å². The maximum Gasteiger partial charge on any atom is 0.126 e. The lowest BCUT2D eigenvalue weighted by Crippen LogP contribution is -1.98. The molecule has 0 aliphatic heterocycles. The molecule has 0 amide bonds. The Balaban J connectivity index is 2.05. The molecular weight excluding hydrogens is 348 g/mol. The smallest absolute Gasteiger partial charge is 0.126 e. The van der Waals surface area contributed by atoms with Gasteiger partial charge in [0.15, 0.2) is 0 Å². The van der Waals surface area contributed by atoms with Crippen LogP contribution >= 0.6 is 27.5 Å². The molecule has 0 aliphatic rings. The van der Waals surface area contributed by atoms with E-state index in [9.17, 15) is 0 Å². The molecule has 0 saturated heterocycles. The van der Waals surface area contributed by atoms with E-state index < -0.39 is 0 Å². The highest BCUT2D eigenvalue weighted by molar-refractivity contribution is 9.09. The van der Waals surface area contributed by atoms with Crippen molar-refractivity contribution in [3.8, 4) is 5.75 Å². The molecule has 21 heavy (non-hydrogen) atoms. The van der Waals surface area contributed by atoms with Crippen LogP contribution in [-0.2, 0) is 0 Å². The maximum absolute atomic E-state index is 5.99. The van der Waals surface area contributed by atoms with Gasteiger partial charge in [0.05, 0.1) is 6.61 Å². The van der Waals surface area contributed by atoms with Crippen molar-refractivity contribution in [2.75, 3.05) is 11.9 Å². The minimum absolute atomic E-state index is 0.744. The summed E-state index contributed by atoms with van der Waals surface area (Å²) in [6, 6.07) is 15.9. The van der Waals surface area contributed by atoms with Gasteiger partial charge in [0.2, 0.25) is 0 Å². The Labute approximate surface area is 139 Å². The first-order valence-corrected chi connectivity index (χ1v) is 8.51. The summed E-state index contributed by atoms with van der Waals surface area (Å²) in [6.45, 7) is 0.744. The molecule has 0 heterocycles. The summed E-state index contributed by atoms with van der Waals surface area (Å²) >= 11 is 9.42. The zero-order valence-electron chi connectivity index (χ0n) is 11.8. The van der Waals surface area contributed by atoms with Gasteiger partial charge in [-0.15, -0.1) is 0 Å². The number of hydrogen-bond acceptors (Lipinski definition) is 1. The van der Waals surface area contributed by atoms with E-state index in [1.165, 1.54) is 0 Å². The van der Waals surface area contributed by atoms with E-state index in [1.807, 2.05) is 48.5 Å². The SMILES string of the molecule is Clc1cccc(/C=C/c2ccccc2OCCCCBr)c1. The largest absolute Gasteiger partial charge is 0.493 e. The molecule has 0 spiro atoms. The maximum atomic E-state index is 5.99. The van der Waals surface area contributed by atoms with Crippen LogP contribution in [0.1, 0.15) is 24.0 Å². The van der Waals surface area contributed by atoms with Gasteiger partial charge >= 0.3 is 0 Å². The number of para-hydroxylation sites is 1. The van der Waals surface area contributed by atoms with Crippen molar-refractivity contribution < 1.29 is 4.74 Å². The normalized spacial score (nSPS) is 11.0. The lowest BCUT2D eigenvalue weighted by atomic mass is 10.1. The van der Waals surface area contributed by atoms with Gasteiger partial charge in [-0.2, -0.15) is 0 Å². The average molecular weight is 366 g/mol. The first-order chi connectivity index (χ1) is 10.3. The fraction of sp³-hybridized carbons (Fsp3) is 0.222. The third-order valence-corrected chi connectivity index (χ3v) is 3.80. The molecule has 1 nitrogen and oxygen atoms in total. The fourth-order valence-electron chi connectivity index (χ4n) is 1.92. The van der Waals surface area contributed by atoms with E-state index in [0.717, 1.165) is 46.7 Å². The van der Waals surface area contributed by atoms with E-state index in [2.05, 4.69) is 28.1 Å². The topological polar surface area (TPSA) is 9.23 Å². The number of benzene rings is 2. The number of alkyl halides is 1. The molecule has 110 valence electrons. The van der Waals surface area contributed by atoms with Gasteiger partial charge in [-0.25, -0.2) is 0 Å². The Morgan fingerprint density at radius 1 is 1.00 bits per heavy atom. The van der Waals surface area contributed by atoms with Gasteiger partial charge in [0.25, 0.3) is 0 Å².